The van der Waals surface area contributed by atoms with Crippen molar-refractivity contribution in [2.24, 2.45) is 0 Å². The van der Waals surface area contributed by atoms with Gasteiger partial charge in [0.05, 0.1) is 10.7 Å². The number of rotatable bonds is 6. The first-order chi connectivity index (χ1) is 9.19. The molecule has 2 heterocycles. The minimum atomic E-state index is -0.693. The zero-order chi connectivity index (χ0) is 13.7. The van der Waals surface area contributed by atoms with Crippen LogP contribution in [-0.4, -0.2) is 40.6 Å². The van der Waals surface area contributed by atoms with Crippen LogP contribution in [0.5, 0.6) is 0 Å². The van der Waals surface area contributed by atoms with Gasteiger partial charge in [0, 0.05) is 24.3 Å². The van der Waals surface area contributed by atoms with Crippen molar-refractivity contribution in [3.05, 3.63) is 16.1 Å². The topological polar surface area (TPSA) is 53.4 Å². The second-order valence-corrected chi connectivity index (χ2v) is 6.06. The summed E-state index contributed by atoms with van der Waals surface area (Å²) >= 11 is 1.78. The van der Waals surface area contributed by atoms with Crippen molar-refractivity contribution < 1.29 is 9.90 Å². The predicted molar refractivity (Wildman–Crippen MR) is 76.8 cm³/mol. The van der Waals surface area contributed by atoms with E-state index in [2.05, 4.69) is 17.2 Å². The molecule has 0 spiro atoms. The van der Waals surface area contributed by atoms with Crippen LogP contribution in [0.25, 0.3) is 0 Å². The maximum Gasteiger partial charge on any atom is 0.303 e. The van der Waals surface area contributed by atoms with E-state index in [1.54, 1.807) is 11.3 Å². The molecule has 0 amide bonds. The van der Waals surface area contributed by atoms with Crippen LogP contribution >= 0.6 is 11.3 Å². The normalized spacial score (nSPS) is 20.6. The minimum absolute atomic E-state index is 0.276. The molecule has 0 bridgehead atoms. The van der Waals surface area contributed by atoms with Crippen molar-refractivity contribution in [2.75, 3.05) is 19.6 Å². The van der Waals surface area contributed by atoms with E-state index in [1.165, 1.54) is 23.5 Å². The van der Waals surface area contributed by atoms with Crippen LogP contribution in [0.2, 0.25) is 0 Å². The van der Waals surface area contributed by atoms with Gasteiger partial charge in [-0.3, -0.25) is 4.79 Å². The molecule has 2 rings (SSSR count). The third-order valence-electron chi connectivity index (χ3n) is 3.65. The summed E-state index contributed by atoms with van der Waals surface area (Å²) in [5.41, 5.74) is 1.20. The van der Waals surface area contributed by atoms with E-state index in [1.807, 2.05) is 0 Å². The molecule has 1 aliphatic heterocycles. The smallest absolute Gasteiger partial charge is 0.303 e. The minimum Gasteiger partial charge on any atom is -0.481 e. The maximum absolute atomic E-state index is 10.5. The van der Waals surface area contributed by atoms with Crippen LogP contribution < -0.4 is 0 Å². The first-order valence-corrected chi connectivity index (χ1v) is 7.95. The van der Waals surface area contributed by atoms with Crippen molar-refractivity contribution in [3.8, 4) is 0 Å². The summed E-state index contributed by atoms with van der Waals surface area (Å²) in [6.45, 7) is 5.17. The van der Waals surface area contributed by atoms with Gasteiger partial charge in [0.2, 0.25) is 0 Å². The number of hydrogen-bond acceptors (Lipinski definition) is 4. The summed E-state index contributed by atoms with van der Waals surface area (Å²) < 4.78 is 0. The van der Waals surface area contributed by atoms with Gasteiger partial charge < -0.3 is 10.0 Å². The monoisotopic (exact) mass is 282 g/mol. The molecule has 0 aromatic carbocycles. The zero-order valence-electron chi connectivity index (χ0n) is 11.5. The molecule has 19 heavy (non-hydrogen) atoms. The van der Waals surface area contributed by atoms with Gasteiger partial charge in [0.25, 0.3) is 0 Å². The highest BCUT2D eigenvalue weighted by Crippen LogP contribution is 2.29. The second-order valence-electron chi connectivity index (χ2n) is 5.17. The Morgan fingerprint density at radius 1 is 1.63 bits per heavy atom. The molecule has 1 aliphatic rings. The number of carboxylic acid groups (broad SMARTS) is 1. The average Bonchev–Trinajstić information content (AvgIpc) is 2.87. The molecule has 1 fully saturated rings. The Morgan fingerprint density at radius 2 is 2.47 bits per heavy atom. The van der Waals surface area contributed by atoms with Crippen molar-refractivity contribution in [1.29, 1.82) is 0 Å². The molecule has 1 aromatic rings. The summed E-state index contributed by atoms with van der Waals surface area (Å²) in [6, 6.07) is 0. The van der Waals surface area contributed by atoms with Crippen molar-refractivity contribution >= 4 is 17.3 Å². The number of carbonyl (C=O) groups is 1. The molecule has 1 aromatic heterocycles. The summed E-state index contributed by atoms with van der Waals surface area (Å²) in [5.74, 6) is -0.148. The largest absolute Gasteiger partial charge is 0.481 e. The van der Waals surface area contributed by atoms with Crippen LogP contribution in [0.15, 0.2) is 5.38 Å². The lowest BCUT2D eigenvalue weighted by Gasteiger charge is -2.31. The number of thiazole rings is 1. The Bertz CT molecular complexity index is 419. The molecule has 0 radical (unpaired) electrons. The van der Waals surface area contributed by atoms with E-state index in [-0.39, 0.29) is 6.42 Å². The van der Waals surface area contributed by atoms with Gasteiger partial charge in [-0.25, -0.2) is 4.98 Å². The zero-order valence-corrected chi connectivity index (χ0v) is 12.3. The van der Waals surface area contributed by atoms with E-state index in [9.17, 15) is 4.79 Å². The molecular weight excluding hydrogens is 260 g/mol. The highest BCUT2D eigenvalue weighted by Gasteiger charge is 2.23. The summed E-state index contributed by atoms with van der Waals surface area (Å²) in [5, 5.41) is 12.1. The fourth-order valence-corrected chi connectivity index (χ4v) is 3.62. The van der Waals surface area contributed by atoms with Crippen LogP contribution in [-0.2, 0) is 11.2 Å². The van der Waals surface area contributed by atoms with Gasteiger partial charge in [0.15, 0.2) is 0 Å². The number of aliphatic carboxylic acids is 1. The van der Waals surface area contributed by atoms with Crippen molar-refractivity contribution in [3.63, 3.8) is 0 Å². The van der Waals surface area contributed by atoms with Crippen LogP contribution in [0.4, 0.5) is 0 Å². The highest BCUT2D eigenvalue weighted by atomic mass is 32.1. The van der Waals surface area contributed by atoms with Gasteiger partial charge in [-0.1, -0.05) is 6.92 Å². The number of nitrogens with zero attached hydrogens (tertiary/aromatic N) is 2. The summed E-state index contributed by atoms with van der Waals surface area (Å²) in [7, 11) is 0. The molecule has 106 valence electrons. The maximum atomic E-state index is 10.5. The molecule has 1 saturated heterocycles. The number of hydrogen-bond donors (Lipinski definition) is 1. The lowest BCUT2D eigenvalue weighted by Crippen LogP contribution is -2.35. The molecular formula is C14H22N2O2S. The molecule has 4 nitrogen and oxygen atoms in total. The average molecular weight is 282 g/mol. The summed E-state index contributed by atoms with van der Waals surface area (Å²) in [6.07, 6.45) is 4.44. The number of aromatic nitrogens is 1. The van der Waals surface area contributed by atoms with Crippen molar-refractivity contribution in [2.45, 2.75) is 44.9 Å². The van der Waals surface area contributed by atoms with Gasteiger partial charge in [-0.2, -0.15) is 0 Å². The Kier molecular flexibility index (Phi) is 5.34. The van der Waals surface area contributed by atoms with Crippen LogP contribution in [0.1, 0.15) is 49.2 Å². The second kappa shape index (κ2) is 7.01. The lowest BCUT2D eigenvalue weighted by molar-refractivity contribution is -0.137. The number of aryl methyl sites for hydroxylation is 1. The molecule has 1 N–H and O–H groups in total. The Labute approximate surface area is 118 Å². The fraction of sp³-hybridized carbons (Fsp3) is 0.714. The number of likely N-dealkylation sites (tertiary alicyclic amines) is 1. The lowest BCUT2D eigenvalue weighted by atomic mass is 9.98. The first kappa shape index (κ1) is 14.5. The van der Waals surface area contributed by atoms with E-state index in [0.29, 0.717) is 5.92 Å². The quantitative estimate of drug-likeness (QED) is 0.871. The van der Waals surface area contributed by atoms with E-state index in [4.69, 9.17) is 10.1 Å². The fourth-order valence-electron chi connectivity index (χ4n) is 2.59. The van der Waals surface area contributed by atoms with Crippen molar-refractivity contribution in [1.82, 2.24) is 9.88 Å². The molecule has 5 heteroatoms. The number of carboxylic acids is 1. The van der Waals surface area contributed by atoms with E-state index >= 15 is 0 Å². The molecule has 1 atom stereocenters. The Hall–Kier alpha value is -0.940. The predicted octanol–water partition coefficient (Wildman–Crippen LogP) is 2.75. The van der Waals surface area contributed by atoms with Gasteiger partial charge in [-0.05, 0) is 38.8 Å². The van der Waals surface area contributed by atoms with Crippen LogP contribution in [0, 0.1) is 0 Å². The first-order valence-electron chi connectivity index (χ1n) is 7.07. The third-order valence-corrected chi connectivity index (χ3v) is 4.71. The highest BCUT2D eigenvalue weighted by molar-refractivity contribution is 7.09. The van der Waals surface area contributed by atoms with E-state index < -0.39 is 5.97 Å². The van der Waals surface area contributed by atoms with Crippen LogP contribution in [0.3, 0.4) is 0 Å². The standard InChI is InChI=1S/C14H22N2O2S/c1-2-12-10-19-14(15-12)11-5-3-7-16(9-11)8-4-6-13(17)18/h10-11H,2-9H2,1H3,(H,17,18)/t11-/m1/s1. The van der Waals surface area contributed by atoms with Gasteiger partial charge >= 0.3 is 5.97 Å². The SMILES string of the molecule is CCc1csc([C@@H]2CCCN(CCCC(=O)O)C2)n1. The number of piperidine rings is 1. The Balaban J connectivity index is 1.84. The van der Waals surface area contributed by atoms with Gasteiger partial charge in [0.1, 0.15) is 0 Å². The molecule has 0 unspecified atom stereocenters. The summed E-state index contributed by atoms with van der Waals surface area (Å²) in [4.78, 5) is 17.6. The third kappa shape index (κ3) is 4.28. The Morgan fingerprint density at radius 3 is 3.16 bits per heavy atom. The molecule has 0 aliphatic carbocycles. The molecule has 0 saturated carbocycles. The van der Waals surface area contributed by atoms with Gasteiger partial charge in [-0.15, -0.1) is 11.3 Å². The van der Waals surface area contributed by atoms with E-state index in [0.717, 1.165) is 32.5 Å².